The van der Waals surface area contributed by atoms with Crippen molar-refractivity contribution in [2.24, 2.45) is 11.8 Å². The summed E-state index contributed by atoms with van der Waals surface area (Å²) in [5, 5.41) is 0. The SMILES string of the molecule is CC(=O)N(C)CCN(C)c1cncc(O[C@H]2C[C@H]3CC[C@@H]2C3)n1. The number of hydrogen-bond acceptors (Lipinski definition) is 5. The average Bonchev–Trinajstić information content (AvgIpc) is 3.15. The van der Waals surface area contributed by atoms with Gasteiger partial charge in [0.25, 0.3) is 0 Å². The third-order valence-electron chi connectivity index (χ3n) is 5.24. The van der Waals surface area contributed by atoms with Crippen LogP contribution in [0.1, 0.15) is 32.6 Å². The Hall–Kier alpha value is -1.85. The number of amides is 1. The minimum absolute atomic E-state index is 0.0675. The number of likely N-dealkylation sites (N-methyl/N-ethyl adjacent to an activating group) is 2. The molecule has 1 amide bonds. The fourth-order valence-electron chi connectivity index (χ4n) is 3.64. The summed E-state index contributed by atoms with van der Waals surface area (Å²) in [6.45, 7) is 2.94. The molecule has 2 fully saturated rings. The van der Waals surface area contributed by atoms with Crippen LogP contribution in [0, 0.1) is 11.8 Å². The largest absolute Gasteiger partial charge is 0.473 e. The molecule has 1 heterocycles. The Kier molecular flexibility index (Phi) is 4.68. The van der Waals surface area contributed by atoms with Crippen molar-refractivity contribution in [1.82, 2.24) is 14.9 Å². The topological polar surface area (TPSA) is 58.6 Å². The van der Waals surface area contributed by atoms with Crippen molar-refractivity contribution >= 4 is 11.7 Å². The molecule has 6 heteroatoms. The molecule has 2 bridgehead atoms. The zero-order valence-electron chi connectivity index (χ0n) is 14.2. The molecule has 126 valence electrons. The van der Waals surface area contributed by atoms with Crippen LogP contribution in [0.25, 0.3) is 0 Å². The predicted molar refractivity (Wildman–Crippen MR) is 88.5 cm³/mol. The molecule has 6 nitrogen and oxygen atoms in total. The third kappa shape index (κ3) is 3.74. The second-order valence-electron chi connectivity index (χ2n) is 6.91. The molecule has 2 aliphatic carbocycles. The van der Waals surface area contributed by atoms with Crippen LogP contribution in [0.15, 0.2) is 12.4 Å². The van der Waals surface area contributed by atoms with E-state index in [2.05, 4.69) is 9.97 Å². The Bertz CT molecular complexity index is 565. The van der Waals surface area contributed by atoms with Crippen molar-refractivity contribution in [2.75, 3.05) is 32.1 Å². The van der Waals surface area contributed by atoms with Crippen LogP contribution in [0.2, 0.25) is 0 Å². The van der Waals surface area contributed by atoms with Gasteiger partial charge >= 0.3 is 0 Å². The van der Waals surface area contributed by atoms with E-state index in [0.29, 0.717) is 31.0 Å². The number of hydrogen-bond donors (Lipinski definition) is 0. The van der Waals surface area contributed by atoms with Gasteiger partial charge in [0.1, 0.15) is 6.10 Å². The van der Waals surface area contributed by atoms with E-state index in [-0.39, 0.29) is 5.91 Å². The van der Waals surface area contributed by atoms with Gasteiger partial charge in [-0.25, -0.2) is 0 Å². The molecule has 3 atom stereocenters. The second-order valence-corrected chi connectivity index (χ2v) is 6.91. The number of fused-ring (bicyclic) bond motifs is 2. The number of ether oxygens (including phenoxy) is 1. The summed E-state index contributed by atoms with van der Waals surface area (Å²) in [7, 11) is 3.76. The molecule has 2 aliphatic rings. The second kappa shape index (κ2) is 6.72. The van der Waals surface area contributed by atoms with Crippen molar-refractivity contribution in [3.63, 3.8) is 0 Å². The predicted octanol–water partition coefficient (Wildman–Crippen LogP) is 1.96. The standard InChI is InChI=1S/C17H26N4O2/c1-12(22)20(2)6-7-21(3)16-10-18-11-17(19-16)23-15-9-13-4-5-14(15)8-13/h10-11,13-15H,4-9H2,1-3H3/t13-,14+,15-/m0/s1. The summed E-state index contributed by atoms with van der Waals surface area (Å²) in [6, 6.07) is 0. The molecule has 1 aromatic rings. The number of aromatic nitrogens is 2. The van der Waals surface area contributed by atoms with Crippen LogP contribution >= 0.6 is 0 Å². The zero-order valence-corrected chi connectivity index (χ0v) is 14.2. The lowest BCUT2D eigenvalue weighted by Gasteiger charge is -2.24. The van der Waals surface area contributed by atoms with E-state index in [9.17, 15) is 4.79 Å². The maximum atomic E-state index is 11.3. The van der Waals surface area contributed by atoms with Crippen LogP contribution in [-0.2, 0) is 4.79 Å². The minimum Gasteiger partial charge on any atom is -0.473 e. The van der Waals surface area contributed by atoms with Crippen LogP contribution < -0.4 is 9.64 Å². The molecule has 2 saturated carbocycles. The Balaban J connectivity index is 1.57. The minimum atomic E-state index is 0.0675. The van der Waals surface area contributed by atoms with Crippen LogP contribution in [0.5, 0.6) is 5.88 Å². The lowest BCUT2D eigenvalue weighted by Crippen LogP contribution is -2.33. The van der Waals surface area contributed by atoms with Gasteiger partial charge < -0.3 is 14.5 Å². The van der Waals surface area contributed by atoms with Crippen LogP contribution in [0.4, 0.5) is 5.82 Å². The fraction of sp³-hybridized carbons (Fsp3) is 0.706. The summed E-state index contributed by atoms with van der Waals surface area (Å²) in [5.41, 5.74) is 0. The van der Waals surface area contributed by atoms with Crippen molar-refractivity contribution in [3.05, 3.63) is 12.4 Å². The zero-order chi connectivity index (χ0) is 16.4. The van der Waals surface area contributed by atoms with E-state index in [1.165, 1.54) is 19.3 Å². The highest BCUT2D eigenvalue weighted by Crippen LogP contribution is 2.45. The van der Waals surface area contributed by atoms with Gasteiger partial charge in [0, 0.05) is 34.1 Å². The van der Waals surface area contributed by atoms with E-state index < -0.39 is 0 Å². The van der Waals surface area contributed by atoms with E-state index in [1.807, 2.05) is 11.9 Å². The number of carbonyl (C=O) groups excluding carboxylic acids is 1. The van der Waals surface area contributed by atoms with Gasteiger partial charge in [-0.15, -0.1) is 0 Å². The van der Waals surface area contributed by atoms with Gasteiger partial charge in [0.05, 0.1) is 12.4 Å². The van der Waals surface area contributed by atoms with Gasteiger partial charge in [0.15, 0.2) is 5.82 Å². The summed E-state index contributed by atoms with van der Waals surface area (Å²) >= 11 is 0. The Morgan fingerprint density at radius 2 is 2.09 bits per heavy atom. The molecule has 0 spiro atoms. The highest BCUT2D eigenvalue weighted by atomic mass is 16.5. The number of anilines is 1. The molecule has 23 heavy (non-hydrogen) atoms. The van der Waals surface area contributed by atoms with Gasteiger partial charge in [-0.05, 0) is 37.5 Å². The smallest absolute Gasteiger partial charge is 0.234 e. The fourth-order valence-corrected chi connectivity index (χ4v) is 3.64. The molecular formula is C17H26N4O2. The molecule has 0 aromatic carbocycles. The first kappa shape index (κ1) is 16.0. The maximum absolute atomic E-state index is 11.3. The van der Waals surface area contributed by atoms with Gasteiger partial charge in [-0.3, -0.25) is 9.78 Å². The molecule has 1 aromatic heterocycles. The van der Waals surface area contributed by atoms with E-state index in [4.69, 9.17) is 4.74 Å². The highest BCUT2D eigenvalue weighted by molar-refractivity contribution is 5.72. The third-order valence-corrected chi connectivity index (χ3v) is 5.24. The normalized spacial score (nSPS) is 25.4. The van der Waals surface area contributed by atoms with Crippen molar-refractivity contribution in [1.29, 1.82) is 0 Å². The van der Waals surface area contributed by atoms with Crippen molar-refractivity contribution in [2.45, 2.75) is 38.7 Å². The number of rotatable bonds is 6. The monoisotopic (exact) mass is 318 g/mol. The first-order chi connectivity index (χ1) is 11.0. The number of carbonyl (C=O) groups is 1. The molecule has 0 unspecified atom stereocenters. The number of nitrogens with zero attached hydrogens (tertiary/aromatic N) is 4. The van der Waals surface area contributed by atoms with Crippen LogP contribution in [0.3, 0.4) is 0 Å². The van der Waals surface area contributed by atoms with Crippen molar-refractivity contribution < 1.29 is 9.53 Å². The molecule has 0 aliphatic heterocycles. The molecular weight excluding hydrogens is 292 g/mol. The molecule has 0 saturated heterocycles. The summed E-state index contributed by atoms with van der Waals surface area (Å²) in [4.78, 5) is 23.8. The molecule has 0 N–H and O–H groups in total. The lowest BCUT2D eigenvalue weighted by atomic mass is 9.98. The Labute approximate surface area is 137 Å². The highest BCUT2D eigenvalue weighted by Gasteiger charge is 2.41. The molecule has 3 rings (SSSR count). The van der Waals surface area contributed by atoms with Gasteiger partial charge in [-0.1, -0.05) is 0 Å². The summed E-state index contributed by atoms with van der Waals surface area (Å²) in [5.74, 6) is 3.02. The van der Waals surface area contributed by atoms with E-state index in [0.717, 1.165) is 18.2 Å². The van der Waals surface area contributed by atoms with Crippen molar-refractivity contribution in [3.8, 4) is 5.88 Å². The van der Waals surface area contributed by atoms with Gasteiger partial charge in [0.2, 0.25) is 11.8 Å². The quantitative estimate of drug-likeness (QED) is 0.802. The first-order valence-corrected chi connectivity index (χ1v) is 8.44. The van der Waals surface area contributed by atoms with Gasteiger partial charge in [-0.2, -0.15) is 4.98 Å². The summed E-state index contributed by atoms with van der Waals surface area (Å²) < 4.78 is 6.10. The lowest BCUT2D eigenvalue weighted by molar-refractivity contribution is -0.127. The Morgan fingerprint density at radius 3 is 2.74 bits per heavy atom. The molecule has 0 radical (unpaired) electrons. The maximum Gasteiger partial charge on any atom is 0.234 e. The van der Waals surface area contributed by atoms with E-state index >= 15 is 0 Å². The Morgan fingerprint density at radius 1 is 1.26 bits per heavy atom. The summed E-state index contributed by atoms with van der Waals surface area (Å²) in [6.07, 6.45) is 8.88. The first-order valence-electron chi connectivity index (χ1n) is 8.44. The average molecular weight is 318 g/mol. The van der Waals surface area contributed by atoms with E-state index in [1.54, 1.807) is 31.3 Å². The van der Waals surface area contributed by atoms with Crippen LogP contribution in [-0.4, -0.2) is 54.1 Å².